The lowest BCUT2D eigenvalue weighted by Crippen LogP contribution is -1.76. The molecule has 3 N–H and O–H groups in total. The molecule has 0 radical (unpaired) electrons. The van der Waals surface area contributed by atoms with Crippen LogP contribution in [0.2, 0.25) is 0 Å². The summed E-state index contributed by atoms with van der Waals surface area (Å²) in [5, 5.41) is 0. The van der Waals surface area contributed by atoms with E-state index in [0.29, 0.717) is 16.9 Å². The summed E-state index contributed by atoms with van der Waals surface area (Å²) in [5.74, 6) is 0. The first kappa shape index (κ1) is 21.0. The first-order valence-electron chi connectivity index (χ1n) is 9.37. The Bertz CT molecular complexity index is 1220. The number of hydrogen-bond donors (Lipinski definition) is 3. The van der Waals surface area contributed by atoms with Gasteiger partial charge >= 0.3 is 0 Å². The fraction of sp³-hybridized carbons (Fsp3) is 0. The molecule has 0 saturated carbocycles. The molecule has 7 heterocycles. The fourth-order valence-corrected chi connectivity index (χ4v) is 2.33. The molecule has 0 amide bonds. The highest BCUT2D eigenvalue weighted by molar-refractivity contribution is 5.68. The van der Waals surface area contributed by atoms with Gasteiger partial charge in [-0.2, -0.15) is 0 Å². The van der Waals surface area contributed by atoms with E-state index in [0.717, 1.165) is 16.6 Å². The molecule has 0 aliphatic heterocycles. The van der Waals surface area contributed by atoms with Gasteiger partial charge in [-0.05, 0) is 6.07 Å². The molecule has 0 aliphatic rings. The van der Waals surface area contributed by atoms with Crippen molar-refractivity contribution in [1.29, 1.82) is 0 Å². The molecule has 33 heavy (non-hydrogen) atoms. The summed E-state index contributed by atoms with van der Waals surface area (Å²) in [4.78, 5) is 50.8. The zero-order valence-electron chi connectivity index (χ0n) is 16.9. The predicted octanol–water partition coefficient (Wildman–Crippen LogP) is 1.54. The molecule has 162 valence electrons. The van der Waals surface area contributed by atoms with Crippen molar-refractivity contribution in [2.45, 2.75) is 0 Å². The number of rotatable bonds is 0. The highest BCUT2D eigenvalue weighted by atomic mass is 15.0. The summed E-state index contributed by atoms with van der Waals surface area (Å²) in [5.41, 5.74) is 4.76. The van der Waals surface area contributed by atoms with E-state index >= 15 is 0 Å². The van der Waals surface area contributed by atoms with Crippen molar-refractivity contribution in [3.63, 3.8) is 0 Å². The molecule has 0 aromatic carbocycles. The van der Waals surface area contributed by atoms with Crippen LogP contribution < -0.4 is 0 Å². The van der Waals surface area contributed by atoms with Crippen molar-refractivity contribution in [2.24, 2.45) is 0 Å². The molecule has 0 saturated heterocycles. The zero-order valence-corrected chi connectivity index (χ0v) is 16.9. The maximum Gasteiger partial charge on any atom is 0.180 e. The zero-order chi connectivity index (χ0) is 22.6. The number of imidazole rings is 3. The van der Waals surface area contributed by atoms with Crippen LogP contribution in [0.3, 0.4) is 0 Å². The molecule has 14 heteroatoms. The van der Waals surface area contributed by atoms with Crippen LogP contribution >= 0.6 is 0 Å². The van der Waals surface area contributed by atoms with Crippen LogP contribution in [0.4, 0.5) is 0 Å². The minimum absolute atomic E-state index is 0.713. The second kappa shape index (κ2) is 11.2. The third-order valence-electron chi connectivity index (χ3n) is 3.77. The minimum atomic E-state index is 0.713. The van der Waals surface area contributed by atoms with Crippen molar-refractivity contribution in [1.82, 2.24) is 69.8 Å². The summed E-state index contributed by atoms with van der Waals surface area (Å²) in [6.07, 6.45) is 19.2. The van der Waals surface area contributed by atoms with Gasteiger partial charge in [-0.1, -0.05) is 0 Å². The van der Waals surface area contributed by atoms with E-state index in [1.807, 2.05) is 0 Å². The number of nitrogens with zero attached hydrogens (tertiary/aromatic N) is 11. The molecule has 0 fully saturated rings. The summed E-state index contributed by atoms with van der Waals surface area (Å²) in [6.45, 7) is 0. The highest BCUT2D eigenvalue weighted by Gasteiger charge is 1.92. The summed E-state index contributed by atoms with van der Waals surface area (Å²) in [6, 6.07) is 1.78. The van der Waals surface area contributed by atoms with Crippen LogP contribution in [0, 0.1) is 0 Å². The Hall–Kier alpha value is -5.27. The topological polar surface area (TPSA) is 189 Å². The molecular weight excluding hydrogens is 424 g/mol. The van der Waals surface area contributed by atoms with Gasteiger partial charge in [0.25, 0.3) is 0 Å². The first-order chi connectivity index (χ1) is 16.4. The van der Waals surface area contributed by atoms with Crippen LogP contribution in [-0.2, 0) is 0 Å². The van der Waals surface area contributed by atoms with E-state index in [9.17, 15) is 0 Å². The van der Waals surface area contributed by atoms with Crippen molar-refractivity contribution in [2.75, 3.05) is 0 Å². The fourth-order valence-electron chi connectivity index (χ4n) is 2.33. The van der Waals surface area contributed by atoms with Gasteiger partial charge in [0.05, 0.1) is 37.6 Å². The standard InChI is InChI=1S/3C5H4N4.C4H4N2/c3*1-4-5(8-2-6-1)9-3-7-4;1-2-5-4-6-3-1/h3*1-3H,(H,6,7,8,9);1-4H. The van der Waals surface area contributed by atoms with Gasteiger partial charge < -0.3 is 15.0 Å². The van der Waals surface area contributed by atoms with Gasteiger partial charge in [0.15, 0.2) is 16.9 Å². The van der Waals surface area contributed by atoms with Crippen LogP contribution in [0.1, 0.15) is 0 Å². The minimum Gasteiger partial charge on any atom is -0.342 e. The quantitative estimate of drug-likeness (QED) is 0.310. The molecule has 7 rings (SSSR count). The predicted molar refractivity (Wildman–Crippen MR) is 117 cm³/mol. The number of aromatic nitrogens is 14. The average molecular weight is 440 g/mol. The summed E-state index contributed by atoms with van der Waals surface area (Å²) in [7, 11) is 0. The van der Waals surface area contributed by atoms with E-state index < -0.39 is 0 Å². The lowest BCUT2D eigenvalue weighted by molar-refractivity contribution is 1.17. The summed E-state index contributed by atoms with van der Waals surface area (Å²) >= 11 is 0. The van der Waals surface area contributed by atoms with Gasteiger partial charge in [0.1, 0.15) is 41.9 Å². The Morgan fingerprint density at radius 2 is 0.818 bits per heavy atom. The second-order valence-electron chi connectivity index (χ2n) is 5.89. The molecular formula is C19H16N14. The van der Waals surface area contributed by atoms with Gasteiger partial charge in [-0.3, -0.25) is 0 Å². The number of hydrogen-bond acceptors (Lipinski definition) is 11. The van der Waals surface area contributed by atoms with E-state index in [1.165, 1.54) is 25.3 Å². The third-order valence-corrected chi connectivity index (χ3v) is 3.77. The maximum absolute atomic E-state index is 3.91. The van der Waals surface area contributed by atoms with Crippen LogP contribution in [0.25, 0.3) is 33.5 Å². The molecule has 0 unspecified atom stereocenters. The van der Waals surface area contributed by atoms with Crippen LogP contribution in [0.15, 0.2) is 81.3 Å². The number of H-pyrrole nitrogens is 3. The Labute approximate surface area is 185 Å². The Balaban J connectivity index is 0.000000106. The maximum atomic E-state index is 3.91. The lowest BCUT2D eigenvalue weighted by Gasteiger charge is -1.80. The van der Waals surface area contributed by atoms with Gasteiger partial charge in [-0.15, -0.1) is 0 Å². The first-order valence-corrected chi connectivity index (χ1v) is 9.37. The number of aromatic amines is 3. The Morgan fingerprint density at radius 3 is 1.09 bits per heavy atom. The van der Waals surface area contributed by atoms with Crippen LogP contribution in [-0.4, -0.2) is 69.8 Å². The molecule has 14 nitrogen and oxygen atoms in total. The van der Waals surface area contributed by atoms with E-state index in [4.69, 9.17) is 0 Å². The average Bonchev–Trinajstić information content (AvgIpc) is 3.67. The van der Waals surface area contributed by atoms with E-state index in [1.54, 1.807) is 56.0 Å². The van der Waals surface area contributed by atoms with E-state index in [2.05, 4.69) is 69.8 Å². The molecule has 0 aliphatic carbocycles. The monoisotopic (exact) mass is 440 g/mol. The molecule has 0 atom stereocenters. The SMILES string of the molecule is c1cncnc1.c1ncc2[nH]cnc2n1.c1ncc2[nH]cnc2n1.c1ncc2[nH]cnc2n1. The molecule has 0 spiro atoms. The van der Waals surface area contributed by atoms with Crippen LogP contribution in [0.5, 0.6) is 0 Å². The van der Waals surface area contributed by atoms with Gasteiger partial charge in [0.2, 0.25) is 0 Å². The molecule has 7 aromatic rings. The van der Waals surface area contributed by atoms with E-state index in [-0.39, 0.29) is 0 Å². The molecule has 7 aromatic heterocycles. The number of fused-ring (bicyclic) bond motifs is 3. The lowest BCUT2D eigenvalue weighted by atomic mass is 10.6. The van der Waals surface area contributed by atoms with Gasteiger partial charge in [-0.25, -0.2) is 54.8 Å². The highest BCUT2D eigenvalue weighted by Crippen LogP contribution is 2.00. The summed E-state index contributed by atoms with van der Waals surface area (Å²) < 4.78 is 0. The Kier molecular flexibility index (Phi) is 7.13. The largest absolute Gasteiger partial charge is 0.342 e. The van der Waals surface area contributed by atoms with Crippen molar-refractivity contribution in [3.8, 4) is 0 Å². The number of nitrogens with one attached hydrogen (secondary N) is 3. The van der Waals surface area contributed by atoms with Crippen molar-refractivity contribution >= 4 is 33.5 Å². The van der Waals surface area contributed by atoms with Crippen molar-refractivity contribution in [3.05, 3.63) is 81.3 Å². The second-order valence-corrected chi connectivity index (χ2v) is 5.89. The smallest absolute Gasteiger partial charge is 0.180 e. The normalized spacial score (nSPS) is 9.82. The van der Waals surface area contributed by atoms with Crippen molar-refractivity contribution < 1.29 is 0 Å². The molecule has 0 bridgehead atoms. The van der Waals surface area contributed by atoms with Gasteiger partial charge in [0, 0.05) is 12.4 Å². The third kappa shape index (κ3) is 6.11. The Morgan fingerprint density at radius 1 is 0.424 bits per heavy atom.